The largest absolute Gasteiger partial charge is 0.463 e. The number of rotatable bonds is 5. The fraction of sp³-hybridized carbons (Fsp3) is 0.222. The third-order valence-corrected chi connectivity index (χ3v) is 6.78. The number of benzene rings is 2. The van der Waals surface area contributed by atoms with Gasteiger partial charge in [-0.25, -0.2) is 0 Å². The monoisotopic (exact) mass is 488 g/mol. The average Bonchev–Trinajstić information content (AvgIpc) is 3.51. The first-order chi connectivity index (χ1) is 16.8. The van der Waals surface area contributed by atoms with Gasteiger partial charge in [-0.3, -0.25) is 19.2 Å². The molecule has 1 aliphatic heterocycles. The molecule has 1 N–H and O–H groups in total. The summed E-state index contributed by atoms with van der Waals surface area (Å²) in [6.07, 6.45) is 1.56. The van der Waals surface area contributed by atoms with E-state index in [0.29, 0.717) is 34.4 Å². The van der Waals surface area contributed by atoms with Crippen molar-refractivity contribution in [1.29, 1.82) is 0 Å². The van der Waals surface area contributed by atoms with Crippen molar-refractivity contribution in [3.63, 3.8) is 0 Å². The van der Waals surface area contributed by atoms with Crippen LogP contribution in [0.15, 0.2) is 71.3 Å². The molecule has 0 bridgehead atoms. The van der Waals surface area contributed by atoms with E-state index in [1.807, 2.05) is 44.2 Å². The maximum Gasteiger partial charge on any atom is 0.277 e. The summed E-state index contributed by atoms with van der Waals surface area (Å²) in [5.41, 5.74) is 3.44. The molecule has 0 aliphatic carbocycles. The summed E-state index contributed by atoms with van der Waals surface area (Å²) in [6.45, 7) is 6.27. The Labute approximate surface area is 208 Å². The Morgan fingerprint density at radius 2 is 1.89 bits per heavy atom. The van der Waals surface area contributed by atoms with Crippen molar-refractivity contribution < 1.29 is 14.0 Å². The van der Waals surface area contributed by atoms with Crippen LogP contribution in [-0.2, 0) is 17.9 Å². The number of nitrogens with one attached hydrogen (secondary N) is 1. The highest BCUT2D eigenvalue weighted by molar-refractivity contribution is 6.30. The van der Waals surface area contributed by atoms with Gasteiger partial charge in [0, 0.05) is 23.3 Å². The van der Waals surface area contributed by atoms with Gasteiger partial charge in [-0.1, -0.05) is 29.8 Å². The highest BCUT2D eigenvalue weighted by atomic mass is 35.5. The predicted molar refractivity (Wildman–Crippen MR) is 134 cm³/mol. The zero-order valence-electron chi connectivity index (χ0n) is 19.7. The Balaban J connectivity index is 1.54. The molecule has 0 spiro atoms. The number of aromatic nitrogens is 2. The first kappa shape index (κ1) is 22.9. The lowest BCUT2D eigenvalue weighted by Crippen LogP contribution is -2.64. The van der Waals surface area contributed by atoms with Crippen LogP contribution in [0.1, 0.15) is 34.1 Å². The molecule has 3 heterocycles. The van der Waals surface area contributed by atoms with Crippen molar-refractivity contribution in [1.82, 2.24) is 15.1 Å². The number of hydrogen-bond donors (Lipinski definition) is 1. The van der Waals surface area contributed by atoms with Gasteiger partial charge in [0.05, 0.1) is 12.8 Å². The zero-order chi connectivity index (χ0) is 24.7. The number of anilines is 1. The molecule has 178 valence electrons. The van der Waals surface area contributed by atoms with Gasteiger partial charge in [0.2, 0.25) is 5.91 Å². The van der Waals surface area contributed by atoms with Crippen LogP contribution in [0.3, 0.4) is 0 Å². The number of hydrogen-bond acceptors (Lipinski definition) is 4. The third-order valence-electron chi connectivity index (χ3n) is 6.53. The molecule has 8 heteroatoms. The van der Waals surface area contributed by atoms with Gasteiger partial charge in [-0.05, 0) is 73.9 Å². The van der Waals surface area contributed by atoms with Crippen molar-refractivity contribution in [2.75, 3.05) is 4.90 Å². The fourth-order valence-electron chi connectivity index (χ4n) is 4.37. The van der Waals surface area contributed by atoms with Crippen molar-refractivity contribution in [2.24, 2.45) is 0 Å². The minimum absolute atomic E-state index is 0.189. The Kier molecular flexibility index (Phi) is 5.73. The number of amides is 2. The van der Waals surface area contributed by atoms with Crippen molar-refractivity contribution in [2.45, 2.75) is 39.4 Å². The smallest absolute Gasteiger partial charge is 0.277 e. The molecule has 0 radical (unpaired) electrons. The lowest BCUT2D eigenvalue weighted by atomic mass is 9.93. The van der Waals surface area contributed by atoms with E-state index in [1.54, 1.807) is 53.1 Å². The number of carbonyl (C=O) groups excluding carboxylic acids is 2. The Hall–Kier alpha value is -3.84. The highest BCUT2D eigenvalue weighted by Gasteiger charge is 2.49. The van der Waals surface area contributed by atoms with Gasteiger partial charge < -0.3 is 9.73 Å². The average molecular weight is 489 g/mol. The van der Waals surface area contributed by atoms with Gasteiger partial charge >= 0.3 is 0 Å². The predicted octanol–water partition coefficient (Wildman–Crippen LogP) is 5.15. The second-order valence-electron chi connectivity index (χ2n) is 9.04. The standard InChI is InChI=1S/C27H25ClN4O3/c1-17-6-11-21(13-18(17)2)32-25(33)23-14-22(24-5-4-12-35-24)30-31(23)16-27(32,3)26(34)29-15-19-7-9-20(28)10-8-19/h4-14H,15-16H2,1-3H3,(H,29,34)/t27-/m0/s1. The second kappa shape index (κ2) is 8.74. The summed E-state index contributed by atoms with van der Waals surface area (Å²) < 4.78 is 7.08. The molecule has 5 rings (SSSR count). The molecule has 7 nitrogen and oxygen atoms in total. The number of halogens is 1. The summed E-state index contributed by atoms with van der Waals surface area (Å²) in [7, 11) is 0. The van der Waals surface area contributed by atoms with E-state index < -0.39 is 5.54 Å². The van der Waals surface area contributed by atoms with Crippen molar-refractivity contribution in [3.8, 4) is 11.5 Å². The van der Waals surface area contributed by atoms with Crippen LogP contribution in [0.4, 0.5) is 5.69 Å². The van der Waals surface area contributed by atoms with Gasteiger partial charge in [0.25, 0.3) is 5.91 Å². The van der Waals surface area contributed by atoms with E-state index in [1.165, 1.54) is 0 Å². The van der Waals surface area contributed by atoms with Crippen LogP contribution in [0.25, 0.3) is 11.5 Å². The Morgan fingerprint density at radius 1 is 1.11 bits per heavy atom. The van der Waals surface area contributed by atoms with E-state index in [2.05, 4.69) is 10.4 Å². The lowest BCUT2D eigenvalue weighted by Gasteiger charge is -2.43. The minimum Gasteiger partial charge on any atom is -0.463 e. The Morgan fingerprint density at radius 3 is 2.57 bits per heavy atom. The van der Waals surface area contributed by atoms with E-state index >= 15 is 0 Å². The molecule has 35 heavy (non-hydrogen) atoms. The molecule has 0 saturated carbocycles. The summed E-state index contributed by atoms with van der Waals surface area (Å²) >= 11 is 5.98. The van der Waals surface area contributed by atoms with Gasteiger partial charge in [0.15, 0.2) is 5.76 Å². The lowest BCUT2D eigenvalue weighted by molar-refractivity contribution is -0.126. The maximum absolute atomic E-state index is 13.9. The third kappa shape index (κ3) is 4.12. The maximum atomic E-state index is 13.9. The molecule has 2 aromatic carbocycles. The number of nitrogens with zero attached hydrogens (tertiary/aromatic N) is 3. The van der Waals surface area contributed by atoms with Crippen LogP contribution >= 0.6 is 11.6 Å². The first-order valence-corrected chi connectivity index (χ1v) is 11.7. The highest BCUT2D eigenvalue weighted by Crippen LogP contribution is 2.35. The topological polar surface area (TPSA) is 80.4 Å². The first-order valence-electron chi connectivity index (χ1n) is 11.3. The molecular formula is C27H25ClN4O3. The summed E-state index contributed by atoms with van der Waals surface area (Å²) in [5, 5.41) is 8.22. The second-order valence-corrected chi connectivity index (χ2v) is 9.48. The molecule has 2 amide bonds. The van der Waals surface area contributed by atoms with E-state index in [-0.39, 0.29) is 18.4 Å². The molecule has 1 aliphatic rings. The minimum atomic E-state index is -1.22. The zero-order valence-corrected chi connectivity index (χ0v) is 20.5. The molecular weight excluding hydrogens is 464 g/mol. The normalized spacial score (nSPS) is 17.4. The van der Waals surface area contributed by atoms with Crippen LogP contribution in [0, 0.1) is 13.8 Å². The number of aryl methyl sites for hydroxylation is 2. The van der Waals surface area contributed by atoms with Gasteiger partial charge in [0.1, 0.15) is 16.9 Å². The number of fused-ring (bicyclic) bond motifs is 1. The van der Waals surface area contributed by atoms with E-state index in [9.17, 15) is 9.59 Å². The molecule has 2 aromatic heterocycles. The van der Waals surface area contributed by atoms with Crippen LogP contribution in [0.2, 0.25) is 5.02 Å². The molecule has 0 saturated heterocycles. The molecule has 0 unspecified atom stereocenters. The number of carbonyl (C=O) groups is 2. The van der Waals surface area contributed by atoms with Crippen molar-refractivity contribution >= 4 is 29.1 Å². The SMILES string of the molecule is Cc1ccc(N2C(=O)c3cc(-c4ccco4)nn3C[C@@]2(C)C(=O)NCc2ccc(Cl)cc2)cc1C. The van der Waals surface area contributed by atoms with Gasteiger partial charge in [-0.15, -0.1) is 0 Å². The van der Waals surface area contributed by atoms with E-state index in [4.69, 9.17) is 16.0 Å². The molecule has 4 aromatic rings. The fourth-order valence-corrected chi connectivity index (χ4v) is 4.50. The summed E-state index contributed by atoms with van der Waals surface area (Å²) in [5.74, 6) is -0.0139. The Bertz CT molecular complexity index is 1410. The van der Waals surface area contributed by atoms with Crippen LogP contribution in [-0.4, -0.2) is 27.1 Å². The summed E-state index contributed by atoms with van der Waals surface area (Å²) in [6, 6.07) is 18.3. The molecule has 0 fully saturated rings. The number of furan rings is 1. The van der Waals surface area contributed by atoms with Crippen LogP contribution in [0.5, 0.6) is 0 Å². The van der Waals surface area contributed by atoms with E-state index in [0.717, 1.165) is 16.7 Å². The quantitative estimate of drug-likeness (QED) is 0.421. The summed E-state index contributed by atoms with van der Waals surface area (Å²) in [4.78, 5) is 29.1. The van der Waals surface area contributed by atoms with Gasteiger partial charge in [-0.2, -0.15) is 5.10 Å². The van der Waals surface area contributed by atoms with Crippen LogP contribution < -0.4 is 10.2 Å². The van der Waals surface area contributed by atoms with Crippen molar-refractivity contribution in [3.05, 3.63) is 94.3 Å². The molecule has 1 atom stereocenters.